The second-order valence-electron chi connectivity index (χ2n) is 7.44. The summed E-state index contributed by atoms with van der Waals surface area (Å²) >= 11 is 0. The molecule has 0 saturated carbocycles. The Balaban J connectivity index is 1.71. The molecule has 2 saturated heterocycles. The van der Waals surface area contributed by atoms with E-state index in [1.807, 2.05) is 0 Å². The van der Waals surface area contributed by atoms with Crippen molar-refractivity contribution >= 4 is 12.8 Å². The van der Waals surface area contributed by atoms with Crippen molar-refractivity contribution in [2.75, 3.05) is 18.0 Å². The maximum Gasteiger partial charge on any atom is 0.480 e. The van der Waals surface area contributed by atoms with E-state index in [0.29, 0.717) is 0 Å². The van der Waals surface area contributed by atoms with Gasteiger partial charge in [0.1, 0.15) is 0 Å². The third-order valence-electron chi connectivity index (χ3n) is 5.31. The van der Waals surface area contributed by atoms with Crippen molar-refractivity contribution in [1.29, 1.82) is 0 Å². The van der Waals surface area contributed by atoms with Crippen LogP contribution < -0.4 is 10.6 Å². The molecule has 0 aliphatic carbocycles. The van der Waals surface area contributed by atoms with Gasteiger partial charge in [0.15, 0.2) is 0 Å². The third kappa shape index (κ3) is 2.77. The van der Waals surface area contributed by atoms with E-state index in [9.17, 15) is 0 Å². The molecule has 2 aliphatic rings. The summed E-state index contributed by atoms with van der Waals surface area (Å²) in [7, 11) is -0.400. The van der Waals surface area contributed by atoms with Crippen molar-refractivity contribution in [2.24, 2.45) is 5.73 Å². The molecule has 22 heavy (non-hydrogen) atoms. The Morgan fingerprint density at radius 3 is 2.00 bits per heavy atom. The molecule has 1 aromatic carbocycles. The van der Waals surface area contributed by atoms with Crippen LogP contribution in [0.4, 0.5) is 5.69 Å². The highest BCUT2D eigenvalue weighted by Gasteiger charge is 2.53. The highest BCUT2D eigenvalue weighted by Crippen LogP contribution is 2.39. The van der Waals surface area contributed by atoms with Gasteiger partial charge in [-0.05, 0) is 58.2 Å². The second kappa shape index (κ2) is 5.55. The third-order valence-corrected chi connectivity index (χ3v) is 5.31. The van der Waals surface area contributed by atoms with E-state index in [1.165, 1.54) is 18.5 Å². The van der Waals surface area contributed by atoms with Gasteiger partial charge in [-0.25, -0.2) is 0 Å². The molecule has 0 unspecified atom stereocenters. The Morgan fingerprint density at radius 1 is 1.00 bits per heavy atom. The molecular weight excluding hydrogens is 275 g/mol. The minimum Gasteiger partial charge on any atom is -0.402 e. The number of nitrogens with two attached hydrogens (primary N) is 1. The molecule has 1 aromatic rings. The molecule has 2 heterocycles. The molecule has 0 spiro atoms. The van der Waals surface area contributed by atoms with Crippen molar-refractivity contribution in [3.8, 4) is 0 Å². The van der Waals surface area contributed by atoms with Crippen LogP contribution in [0.2, 0.25) is 0 Å². The Kier molecular flexibility index (Phi) is 4.00. The zero-order chi connectivity index (χ0) is 16.0. The number of rotatable bonds is 3. The Bertz CT molecular complexity index is 508. The zero-order valence-corrected chi connectivity index (χ0v) is 14.1. The van der Waals surface area contributed by atoms with Gasteiger partial charge in [-0.2, -0.15) is 0 Å². The fourth-order valence-electron chi connectivity index (χ4n) is 3.08. The lowest BCUT2D eigenvalue weighted by Crippen LogP contribution is -2.41. The maximum atomic E-state index is 6.38. The lowest BCUT2D eigenvalue weighted by Gasteiger charge is -2.32. The van der Waals surface area contributed by atoms with Crippen LogP contribution in [0.15, 0.2) is 24.3 Å². The van der Waals surface area contributed by atoms with E-state index < -0.39 is 7.12 Å². The lowest BCUT2D eigenvalue weighted by atomic mass is 9.75. The number of nitrogens with zero attached hydrogens (tertiary/aromatic N) is 1. The van der Waals surface area contributed by atoms with Gasteiger partial charge in [0.25, 0.3) is 0 Å². The van der Waals surface area contributed by atoms with Gasteiger partial charge < -0.3 is 19.9 Å². The first-order valence-electron chi connectivity index (χ1n) is 8.26. The molecule has 5 heteroatoms. The molecule has 0 amide bonds. The molecule has 1 atom stereocenters. The van der Waals surface area contributed by atoms with E-state index in [-0.39, 0.29) is 17.1 Å². The van der Waals surface area contributed by atoms with E-state index in [2.05, 4.69) is 56.9 Å². The molecule has 2 N–H and O–H groups in total. The Labute approximate surface area is 134 Å². The van der Waals surface area contributed by atoms with Crippen molar-refractivity contribution in [3.63, 3.8) is 0 Å². The van der Waals surface area contributed by atoms with E-state index in [1.54, 1.807) is 0 Å². The summed E-state index contributed by atoms with van der Waals surface area (Å²) in [5.74, 6) is -0.270. The lowest BCUT2D eigenvalue weighted by molar-refractivity contribution is 0.00578. The van der Waals surface area contributed by atoms with Crippen LogP contribution in [0.25, 0.3) is 0 Å². The molecule has 0 aromatic heterocycles. The van der Waals surface area contributed by atoms with Crippen molar-refractivity contribution in [3.05, 3.63) is 29.8 Å². The summed E-state index contributed by atoms with van der Waals surface area (Å²) < 4.78 is 12.1. The first-order chi connectivity index (χ1) is 10.3. The SMILES string of the molecule is CC1(C)OB([C@@H](N)c2ccc(N3CCCC3)cc2)OC1(C)C. The molecular formula is C17H27BN2O2. The predicted octanol–water partition coefficient (Wildman–Crippen LogP) is 2.92. The molecule has 4 nitrogen and oxygen atoms in total. The van der Waals surface area contributed by atoms with Crippen LogP contribution in [0, 0.1) is 0 Å². The van der Waals surface area contributed by atoms with Gasteiger partial charge >= 0.3 is 7.12 Å². The average molecular weight is 302 g/mol. The summed E-state index contributed by atoms with van der Waals surface area (Å²) in [5, 5.41) is 0. The van der Waals surface area contributed by atoms with E-state index in [0.717, 1.165) is 18.7 Å². The van der Waals surface area contributed by atoms with Gasteiger partial charge in [0.05, 0.1) is 17.1 Å². The largest absolute Gasteiger partial charge is 0.480 e. The first-order valence-corrected chi connectivity index (χ1v) is 8.26. The highest BCUT2D eigenvalue weighted by atomic mass is 16.7. The minimum atomic E-state index is -0.400. The van der Waals surface area contributed by atoms with E-state index in [4.69, 9.17) is 15.0 Å². The van der Waals surface area contributed by atoms with Crippen molar-refractivity contribution in [2.45, 2.75) is 57.7 Å². The summed E-state index contributed by atoms with van der Waals surface area (Å²) in [4.78, 5) is 2.42. The molecule has 0 bridgehead atoms. The van der Waals surface area contributed by atoms with Crippen LogP contribution in [-0.2, 0) is 9.31 Å². The monoisotopic (exact) mass is 302 g/mol. The van der Waals surface area contributed by atoms with Crippen LogP contribution >= 0.6 is 0 Å². The van der Waals surface area contributed by atoms with Crippen molar-refractivity contribution < 1.29 is 9.31 Å². The normalized spacial score (nSPS) is 24.8. The highest BCUT2D eigenvalue weighted by molar-refractivity contribution is 6.47. The number of anilines is 1. The Hall–Kier alpha value is -1.04. The summed E-state index contributed by atoms with van der Waals surface area (Å²) in [5.41, 5.74) is 8.03. The predicted molar refractivity (Wildman–Crippen MR) is 90.9 cm³/mol. The van der Waals surface area contributed by atoms with Gasteiger partial charge in [-0.15, -0.1) is 0 Å². The summed E-state index contributed by atoms with van der Waals surface area (Å²) in [6.45, 7) is 10.5. The zero-order valence-electron chi connectivity index (χ0n) is 14.1. The molecule has 2 aliphatic heterocycles. The van der Waals surface area contributed by atoms with Gasteiger partial charge in [-0.3, -0.25) is 0 Å². The minimum absolute atomic E-state index is 0.270. The summed E-state index contributed by atoms with van der Waals surface area (Å²) in [6.07, 6.45) is 2.57. The average Bonchev–Trinajstić information content (AvgIpc) is 3.05. The van der Waals surface area contributed by atoms with Crippen LogP contribution in [0.3, 0.4) is 0 Å². The maximum absolute atomic E-state index is 6.38. The molecule has 2 fully saturated rings. The first kappa shape index (κ1) is 15.8. The number of hydrogen-bond donors (Lipinski definition) is 1. The molecule has 3 rings (SSSR count). The fraction of sp³-hybridized carbons (Fsp3) is 0.647. The fourth-order valence-corrected chi connectivity index (χ4v) is 3.08. The van der Waals surface area contributed by atoms with Crippen LogP contribution in [-0.4, -0.2) is 31.4 Å². The molecule has 0 radical (unpaired) electrons. The van der Waals surface area contributed by atoms with Crippen LogP contribution in [0.5, 0.6) is 0 Å². The molecule has 120 valence electrons. The quantitative estimate of drug-likeness (QED) is 0.872. The number of hydrogen-bond acceptors (Lipinski definition) is 4. The van der Waals surface area contributed by atoms with Gasteiger partial charge in [-0.1, -0.05) is 12.1 Å². The smallest absolute Gasteiger partial charge is 0.402 e. The van der Waals surface area contributed by atoms with Gasteiger partial charge in [0.2, 0.25) is 0 Å². The topological polar surface area (TPSA) is 47.7 Å². The van der Waals surface area contributed by atoms with E-state index >= 15 is 0 Å². The summed E-state index contributed by atoms with van der Waals surface area (Å²) in [6, 6.07) is 8.52. The Morgan fingerprint density at radius 2 is 1.50 bits per heavy atom. The number of benzene rings is 1. The second-order valence-corrected chi connectivity index (χ2v) is 7.44. The van der Waals surface area contributed by atoms with Gasteiger partial charge in [0, 0.05) is 18.8 Å². The standard InChI is InChI=1S/C17H27BN2O2/c1-16(2)17(3,4)22-18(21-16)15(19)13-7-9-14(10-8-13)20-11-5-6-12-20/h7-10,15H,5-6,11-12,19H2,1-4H3/t15-/m0/s1. The van der Waals surface area contributed by atoms with Crippen molar-refractivity contribution in [1.82, 2.24) is 0 Å². The van der Waals surface area contributed by atoms with Crippen LogP contribution in [0.1, 0.15) is 52.0 Å².